The third-order valence-corrected chi connectivity index (χ3v) is 2.63. The fourth-order valence-corrected chi connectivity index (χ4v) is 1.61. The summed E-state index contributed by atoms with van der Waals surface area (Å²) >= 11 is 0. The molecule has 0 N–H and O–H groups in total. The molecule has 0 saturated carbocycles. The molecule has 0 fully saturated rings. The molecule has 1 aromatic carbocycles. The van der Waals surface area contributed by atoms with E-state index in [-0.39, 0.29) is 12.3 Å². The monoisotopic (exact) mass is 296 g/mol. The van der Waals surface area contributed by atoms with E-state index in [0.29, 0.717) is 24.5 Å². The highest BCUT2D eigenvalue weighted by atomic mass is 16.5. The van der Waals surface area contributed by atoms with Gasteiger partial charge in [0.1, 0.15) is 17.8 Å². The smallest absolute Gasteiger partial charge is 0.157 e. The molecule has 22 heavy (non-hydrogen) atoms. The van der Waals surface area contributed by atoms with Gasteiger partial charge in [-0.3, -0.25) is 14.8 Å². The van der Waals surface area contributed by atoms with E-state index < -0.39 is 0 Å². The number of ether oxygens (including phenoxy) is 1. The summed E-state index contributed by atoms with van der Waals surface area (Å²) in [7, 11) is 0. The van der Waals surface area contributed by atoms with Gasteiger partial charge in [0.2, 0.25) is 0 Å². The van der Waals surface area contributed by atoms with Crippen LogP contribution in [0.2, 0.25) is 0 Å². The van der Waals surface area contributed by atoms with Gasteiger partial charge in [-0.15, -0.1) is 0 Å². The predicted octanol–water partition coefficient (Wildman–Crippen LogP) is 2.42. The highest BCUT2D eigenvalue weighted by molar-refractivity contribution is 6.18. The van der Waals surface area contributed by atoms with Gasteiger partial charge >= 0.3 is 0 Å². The van der Waals surface area contributed by atoms with Crippen LogP contribution in [0.3, 0.4) is 0 Å². The Morgan fingerprint density at radius 3 is 2.91 bits per heavy atom. The normalized spacial score (nSPS) is 17.5. The van der Waals surface area contributed by atoms with Crippen molar-refractivity contribution in [2.24, 2.45) is 20.0 Å². The van der Waals surface area contributed by atoms with E-state index in [9.17, 15) is 4.79 Å². The molecule has 6 heteroatoms. The highest BCUT2D eigenvalue weighted by Gasteiger charge is 2.04. The molecule has 0 bridgehead atoms. The maximum absolute atomic E-state index is 11.6. The van der Waals surface area contributed by atoms with Gasteiger partial charge < -0.3 is 4.74 Å². The minimum Gasteiger partial charge on any atom is -0.491 e. The van der Waals surface area contributed by atoms with Crippen molar-refractivity contribution in [2.45, 2.75) is 6.42 Å². The first-order valence-electron chi connectivity index (χ1n) is 6.82. The maximum atomic E-state index is 11.6. The van der Waals surface area contributed by atoms with Gasteiger partial charge in [0.05, 0.1) is 13.2 Å². The number of hydrogen-bond donors (Lipinski definition) is 0. The Labute approximate surface area is 128 Å². The van der Waals surface area contributed by atoms with Gasteiger partial charge in [0.25, 0.3) is 0 Å². The Kier molecular flexibility index (Phi) is 6.43. The number of rotatable bonds is 0. The number of benzene rings is 1. The second-order valence-corrected chi connectivity index (χ2v) is 4.28. The van der Waals surface area contributed by atoms with E-state index in [0.717, 1.165) is 0 Å². The maximum Gasteiger partial charge on any atom is 0.157 e. The van der Waals surface area contributed by atoms with Crippen LogP contribution in [0.5, 0.6) is 5.75 Å². The van der Waals surface area contributed by atoms with Gasteiger partial charge in [-0.25, -0.2) is 9.98 Å². The third-order valence-electron chi connectivity index (χ3n) is 2.63. The molecule has 1 aliphatic heterocycles. The van der Waals surface area contributed by atoms with Crippen LogP contribution in [0.15, 0.2) is 56.5 Å². The molecule has 1 aliphatic rings. The van der Waals surface area contributed by atoms with E-state index in [2.05, 4.69) is 20.0 Å². The van der Waals surface area contributed by atoms with Gasteiger partial charge in [0, 0.05) is 31.3 Å². The average molecular weight is 296 g/mol. The SMILES string of the molecule is O=C1CCOc2ccccc2N=CC=NC=N/C=C\C=NC1. The van der Waals surface area contributed by atoms with Crippen molar-refractivity contribution in [3.8, 4) is 5.75 Å². The van der Waals surface area contributed by atoms with Crippen molar-refractivity contribution in [1.82, 2.24) is 0 Å². The Balaban J connectivity index is 2.14. The quantitative estimate of drug-likeness (QED) is 0.737. The molecule has 1 heterocycles. The largest absolute Gasteiger partial charge is 0.491 e. The standard InChI is InChI=1S/C16H16N4O2/c21-14-6-11-22-16-5-2-1-4-15(16)20-10-9-19-13-18-8-3-7-17-12-14/h1-5,7-10,13H,6,11-12H2/b8-3-,17-7?,18-13?,19-9?,20-10?. The van der Waals surface area contributed by atoms with Crippen LogP contribution in [0.1, 0.15) is 6.42 Å². The van der Waals surface area contributed by atoms with Crippen molar-refractivity contribution < 1.29 is 9.53 Å². The van der Waals surface area contributed by atoms with E-state index in [4.69, 9.17) is 4.74 Å². The molecule has 0 unspecified atom stereocenters. The van der Waals surface area contributed by atoms with E-state index in [1.807, 2.05) is 24.3 Å². The van der Waals surface area contributed by atoms with Crippen molar-refractivity contribution in [1.29, 1.82) is 0 Å². The molecule has 0 atom stereocenters. The first-order valence-corrected chi connectivity index (χ1v) is 6.82. The van der Waals surface area contributed by atoms with E-state index >= 15 is 0 Å². The molecule has 0 aliphatic carbocycles. The summed E-state index contributed by atoms with van der Waals surface area (Å²) in [6, 6.07) is 7.36. The Morgan fingerprint density at radius 2 is 1.95 bits per heavy atom. The van der Waals surface area contributed by atoms with Crippen molar-refractivity contribution in [3.63, 3.8) is 0 Å². The van der Waals surface area contributed by atoms with Crippen LogP contribution in [-0.2, 0) is 4.79 Å². The molecule has 2 rings (SSSR count). The molecular weight excluding hydrogens is 280 g/mol. The minimum atomic E-state index is 0.0155. The molecule has 6 nitrogen and oxygen atoms in total. The highest BCUT2D eigenvalue weighted by Crippen LogP contribution is 2.26. The molecule has 1 aromatic rings. The number of para-hydroxylation sites is 2. The summed E-state index contributed by atoms with van der Waals surface area (Å²) in [6.07, 6.45) is 9.50. The lowest BCUT2D eigenvalue weighted by atomic mass is 10.3. The lowest BCUT2D eigenvalue weighted by Gasteiger charge is -2.07. The van der Waals surface area contributed by atoms with Gasteiger partial charge in [-0.1, -0.05) is 12.1 Å². The van der Waals surface area contributed by atoms with Crippen LogP contribution >= 0.6 is 0 Å². The fourth-order valence-electron chi connectivity index (χ4n) is 1.61. The second kappa shape index (κ2) is 9.12. The third kappa shape index (κ3) is 5.62. The molecule has 0 saturated heterocycles. The van der Waals surface area contributed by atoms with Crippen LogP contribution in [0.4, 0.5) is 5.69 Å². The number of allylic oxidation sites excluding steroid dienone is 1. The summed E-state index contributed by atoms with van der Waals surface area (Å²) in [4.78, 5) is 27.8. The number of ketones is 1. The Hall–Kier alpha value is -2.89. The zero-order chi connectivity index (χ0) is 15.5. The van der Waals surface area contributed by atoms with Crippen molar-refractivity contribution >= 4 is 36.5 Å². The average Bonchev–Trinajstić information content (AvgIpc) is 2.53. The first kappa shape index (κ1) is 15.5. The summed E-state index contributed by atoms with van der Waals surface area (Å²) in [5.74, 6) is 0.643. The molecule has 0 amide bonds. The van der Waals surface area contributed by atoms with Crippen LogP contribution in [0.25, 0.3) is 0 Å². The number of carbonyl (C=O) groups excluding carboxylic acids is 1. The number of aliphatic imine (C=N–C) groups is 4. The van der Waals surface area contributed by atoms with Crippen LogP contribution < -0.4 is 4.74 Å². The minimum absolute atomic E-state index is 0.0155. The summed E-state index contributed by atoms with van der Waals surface area (Å²) < 4.78 is 5.61. The van der Waals surface area contributed by atoms with Crippen LogP contribution in [-0.4, -0.2) is 43.9 Å². The lowest BCUT2D eigenvalue weighted by molar-refractivity contribution is -0.118. The molecular formula is C16H16N4O2. The van der Waals surface area contributed by atoms with E-state index in [1.165, 1.54) is 18.8 Å². The fraction of sp³-hybridized carbons (Fsp3) is 0.188. The van der Waals surface area contributed by atoms with E-state index in [1.54, 1.807) is 18.5 Å². The molecule has 0 aromatic heterocycles. The first-order chi connectivity index (χ1) is 10.9. The number of Topliss-reactive ketones (excluding diaryl/α,β-unsaturated/α-hetero) is 1. The zero-order valence-corrected chi connectivity index (χ0v) is 12.0. The number of hydrogen-bond acceptors (Lipinski definition) is 6. The zero-order valence-electron chi connectivity index (χ0n) is 12.0. The number of carbonyl (C=O) groups is 1. The summed E-state index contributed by atoms with van der Waals surface area (Å²) in [6.45, 7) is 0.434. The molecule has 0 radical (unpaired) electrons. The second-order valence-electron chi connectivity index (χ2n) is 4.28. The topological polar surface area (TPSA) is 75.7 Å². The summed E-state index contributed by atoms with van der Waals surface area (Å²) in [5.41, 5.74) is 0.681. The van der Waals surface area contributed by atoms with Gasteiger partial charge in [0.15, 0.2) is 5.78 Å². The Bertz CT molecular complexity index is 645. The predicted molar refractivity (Wildman–Crippen MR) is 89.2 cm³/mol. The van der Waals surface area contributed by atoms with Crippen LogP contribution in [0, 0.1) is 0 Å². The van der Waals surface area contributed by atoms with Gasteiger partial charge in [-0.05, 0) is 18.2 Å². The summed E-state index contributed by atoms with van der Waals surface area (Å²) in [5, 5.41) is 0. The van der Waals surface area contributed by atoms with Gasteiger partial charge in [-0.2, -0.15) is 0 Å². The molecule has 112 valence electrons. The lowest BCUT2D eigenvalue weighted by Crippen LogP contribution is -2.09. The molecule has 0 spiro atoms. The number of fused-ring (bicyclic) bond motifs is 1. The number of nitrogens with zero attached hydrogens (tertiary/aromatic N) is 4. The Morgan fingerprint density at radius 1 is 1.05 bits per heavy atom. The van der Waals surface area contributed by atoms with Crippen molar-refractivity contribution in [2.75, 3.05) is 13.2 Å². The van der Waals surface area contributed by atoms with Crippen molar-refractivity contribution in [3.05, 3.63) is 36.5 Å².